The molecule has 0 aliphatic rings. The molecule has 0 atom stereocenters. The van der Waals surface area contributed by atoms with Crippen LogP contribution in [0.5, 0.6) is 0 Å². The van der Waals surface area contributed by atoms with Crippen LogP contribution in [0.3, 0.4) is 0 Å². The van der Waals surface area contributed by atoms with Crippen LogP contribution in [0.25, 0.3) is 5.65 Å². The Kier molecular flexibility index (Phi) is 3.33. The molecule has 2 heterocycles. The molecule has 4 heteroatoms. The Labute approximate surface area is 102 Å². The predicted octanol–water partition coefficient (Wildman–Crippen LogP) is 2.12. The highest BCUT2D eigenvalue weighted by atomic mass is 15.1. The second-order valence-corrected chi connectivity index (χ2v) is 5.12. The molecule has 92 valence electrons. The fourth-order valence-electron chi connectivity index (χ4n) is 1.90. The second-order valence-electron chi connectivity index (χ2n) is 5.12. The Morgan fingerprint density at radius 1 is 1.41 bits per heavy atom. The van der Waals surface area contributed by atoms with Gasteiger partial charge in [0.15, 0.2) is 0 Å². The Morgan fingerprint density at radius 2 is 2.24 bits per heavy atom. The van der Waals surface area contributed by atoms with Gasteiger partial charge in [-0.3, -0.25) is 4.40 Å². The van der Waals surface area contributed by atoms with Gasteiger partial charge in [-0.2, -0.15) is 0 Å². The number of nitrogens with zero attached hydrogens (tertiary/aromatic N) is 2. The number of aromatic nitrogens is 2. The van der Waals surface area contributed by atoms with E-state index in [1.54, 1.807) is 0 Å². The number of anilines is 1. The smallest absolute Gasteiger partial charge is 0.138 e. The van der Waals surface area contributed by atoms with Crippen molar-refractivity contribution in [3.05, 3.63) is 30.6 Å². The average Bonchev–Trinajstić information content (AvgIpc) is 2.74. The summed E-state index contributed by atoms with van der Waals surface area (Å²) in [6, 6.07) is 6.07. The fourth-order valence-corrected chi connectivity index (χ4v) is 1.90. The zero-order chi connectivity index (χ0) is 12.3. The van der Waals surface area contributed by atoms with Gasteiger partial charge in [-0.05, 0) is 30.5 Å². The van der Waals surface area contributed by atoms with E-state index in [1.807, 2.05) is 24.5 Å². The maximum atomic E-state index is 5.61. The molecule has 3 N–H and O–H groups in total. The van der Waals surface area contributed by atoms with E-state index in [0.29, 0.717) is 0 Å². The largest absolute Gasteiger partial charge is 0.371 e. The van der Waals surface area contributed by atoms with Gasteiger partial charge in [0.05, 0.1) is 0 Å². The third-order valence-electron chi connectivity index (χ3n) is 3.00. The first kappa shape index (κ1) is 11.9. The summed E-state index contributed by atoms with van der Waals surface area (Å²) in [5.41, 5.74) is 6.78. The number of nitrogens with one attached hydrogen (secondary N) is 1. The standard InChI is InChI=1S/C13H20N4/c1-13(2,6-7-14)10-16-12-5-3-4-11-15-8-9-17(11)12/h3-5,8-9,16H,6-7,10,14H2,1-2H3. The number of hydrogen-bond donors (Lipinski definition) is 2. The van der Waals surface area contributed by atoms with Crippen LogP contribution in [-0.4, -0.2) is 22.5 Å². The number of imidazole rings is 1. The lowest BCUT2D eigenvalue weighted by atomic mass is 9.89. The summed E-state index contributed by atoms with van der Waals surface area (Å²) >= 11 is 0. The number of nitrogens with two attached hydrogens (primary N) is 1. The first-order chi connectivity index (χ1) is 8.12. The van der Waals surface area contributed by atoms with Crippen LogP contribution in [0, 0.1) is 5.41 Å². The fraction of sp³-hybridized carbons (Fsp3) is 0.462. The van der Waals surface area contributed by atoms with Crippen LogP contribution in [0.2, 0.25) is 0 Å². The predicted molar refractivity (Wildman–Crippen MR) is 71.1 cm³/mol. The minimum atomic E-state index is 0.206. The highest BCUT2D eigenvalue weighted by molar-refractivity contribution is 5.49. The Balaban J connectivity index is 2.11. The number of fused-ring (bicyclic) bond motifs is 1. The molecule has 0 aliphatic carbocycles. The molecule has 0 aliphatic heterocycles. The maximum absolute atomic E-state index is 5.61. The van der Waals surface area contributed by atoms with Gasteiger partial charge < -0.3 is 11.1 Å². The van der Waals surface area contributed by atoms with Crippen LogP contribution >= 0.6 is 0 Å². The van der Waals surface area contributed by atoms with E-state index >= 15 is 0 Å². The van der Waals surface area contributed by atoms with E-state index in [2.05, 4.69) is 34.6 Å². The molecule has 2 aromatic heterocycles. The van der Waals surface area contributed by atoms with Gasteiger partial charge >= 0.3 is 0 Å². The molecular weight excluding hydrogens is 212 g/mol. The lowest BCUT2D eigenvalue weighted by Crippen LogP contribution is -2.26. The van der Waals surface area contributed by atoms with Crippen molar-refractivity contribution < 1.29 is 0 Å². The molecule has 0 aromatic carbocycles. The lowest BCUT2D eigenvalue weighted by Gasteiger charge is -2.25. The van der Waals surface area contributed by atoms with Crippen molar-refractivity contribution in [2.45, 2.75) is 20.3 Å². The van der Waals surface area contributed by atoms with Gasteiger partial charge in [0.25, 0.3) is 0 Å². The molecular formula is C13H20N4. The summed E-state index contributed by atoms with van der Waals surface area (Å²) in [7, 11) is 0. The van der Waals surface area contributed by atoms with Crippen LogP contribution < -0.4 is 11.1 Å². The molecule has 0 saturated carbocycles. The van der Waals surface area contributed by atoms with Crippen molar-refractivity contribution in [3.63, 3.8) is 0 Å². The van der Waals surface area contributed by atoms with Crippen molar-refractivity contribution in [1.29, 1.82) is 0 Å². The third kappa shape index (κ3) is 2.77. The number of rotatable bonds is 5. The van der Waals surface area contributed by atoms with Gasteiger partial charge in [-0.1, -0.05) is 19.9 Å². The molecule has 0 bridgehead atoms. The third-order valence-corrected chi connectivity index (χ3v) is 3.00. The molecule has 4 nitrogen and oxygen atoms in total. The summed E-state index contributed by atoms with van der Waals surface area (Å²) in [5.74, 6) is 1.07. The summed E-state index contributed by atoms with van der Waals surface area (Å²) in [4.78, 5) is 4.26. The first-order valence-corrected chi connectivity index (χ1v) is 5.98. The summed E-state index contributed by atoms with van der Waals surface area (Å²) in [6.07, 6.45) is 4.79. The summed E-state index contributed by atoms with van der Waals surface area (Å²) in [6.45, 7) is 6.08. The quantitative estimate of drug-likeness (QED) is 0.830. The van der Waals surface area contributed by atoms with E-state index in [4.69, 9.17) is 5.73 Å². The number of pyridine rings is 1. The van der Waals surface area contributed by atoms with Gasteiger partial charge in [-0.25, -0.2) is 4.98 Å². The van der Waals surface area contributed by atoms with Crippen molar-refractivity contribution >= 4 is 11.5 Å². The van der Waals surface area contributed by atoms with Crippen molar-refractivity contribution in [2.24, 2.45) is 11.1 Å². The summed E-state index contributed by atoms with van der Waals surface area (Å²) in [5, 5.41) is 3.47. The lowest BCUT2D eigenvalue weighted by molar-refractivity contribution is 0.365. The van der Waals surface area contributed by atoms with Crippen LogP contribution in [0.1, 0.15) is 20.3 Å². The minimum absolute atomic E-state index is 0.206. The van der Waals surface area contributed by atoms with Gasteiger partial charge in [0.1, 0.15) is 11.5 Å². The van der Waals surface area contributed by atoms with Gasteiger partial charge in [-0.15, -0.1) is 0 Å². The van der Waals surface area contributed by atoms with E-state index in [-0.39, 0.29) is 5.41 Å². The SMILES string of the molecule is CC(C)(CCN)CNc1cccc2nccn12. The van der Waals surface area contributed by atoms with Gasteiger partial charge in [0, 0.05) is 18.9 Å². The molecule has 0 fully saturated rings. The monoisotopic (exact) mass is 232 g/mol. The van der Waals surface area contributed by atoms with Crippen molar-refractivity contribution in [3.8, 4) is 0 Å². The van der Waals surface area contributed by atoms with Gasteiger partial charge in [0.2, 0.25) is 0 Å². The molecule has 0 unspecified atom stereocenters. The second kappa shape index (κ2) is 4.75. The zero-order valence-electron chi connectivity index (χ0n) is 10.5. The van der Waals surface area contributed by atoms with E-state index in [1.165, 1.54) is 0 Å². The molecule has 0 amide bonds. The van der Waals surface area contributed by atoms with Crippen molar-refractivity contribution in [1.82, 2.24) is 9.38 Å². The highest BCUT2D eigenvalue weighted by Gasteiger charge is 2.16. The number of hydrogen-bond acceptors (Lipinski definition) is 3. The highest BCUT2D eigenvalue weighted by Crippen LogP contribution is 2.20. The van der Waals surface area contributed by atoms with Crippen molar-refractivity contribution in [2.75, 3.05) is 18.4 Å². The Bertz CT molecular complexity index is 487. The molecule has 0 radical (unpaired) electrons. The molecule has 0 spiro atoms. The first-order valence-electron chi connectivity index (χ1n) is 5.98. The van der Waals surface area contributed by atoms with E-state index in [0.717, 1.165) is 31.0 Å². The Hall–Kier alpha value is -1.55. The Morgan fingerprint density at radius 3 is 3.00 bits per heavy atom. The molecule has 0 saturated heterocycles. The minimum Gasteiger partial charge on any atom is -0.371 e. The average molecular weight is 232 g/mol. The molecule has 2 rings (SSSR count). The molecule has 17 heavy (non-hydrogen) atoms. The van der Waals surface area contributed by atoms with Crippen LogP contribution in [0.15, 0.2) is 30.6 Å². The maximum Gasteiger partial charge on any atom is 0.138 e. The topological polar surface area (TPSA) is 55.3 Å². The molecule has 2 aromatic rings. The van der Waals surface area contributed by atoms with E-state index in [9.17, 15) is 0 Å². The van der Waals surface area contributed by atoms with Crippen LogP contribution in [-0.2, 0) is 0 Å². The summed E-state index contributed by atoms with van der Waals surface area (Å²) < 4.78 is 2.05. The van der Waals surface area contributed by atoms with Crippen LogP contribution in [0.4, 0.5) is 5.82 Å². The van der Waals surface area contributed by atoms with E-state index < -0.39 is 0 Å². The zero-order valence-corrected chi connectivity index (χ0v) is 10.5. The normalized spacial score (nSPS) is 11.9.